The fourth-order valence-electron chi connectivity index (χ4n) is 3.66. The minimum absolute atomic E-state index is 0.205. The lowest BCUT2D eigenvalue weighted by atomic mass is 9.83. The van der Waals surface area contributed by atoms with Crippen molar-refractivity contribution < 1.29 is 9.90 Å². The number of aliphatic hydroxyl groups excluding tert-OH is 1. The number of nitrogens with one attached hydrogen (secondary N) is 1. The van der Waals surface area contributed by atoms with Crippen LogP contribution in [0.15, 0.2) is 0 Å². The van der Waals surface area contributed by atoms with Crippen molar-refractivity contribution in [3.8, 4) is 0 Å². The number of carbonyl (C=O) groups is 1. The molecule has 1 aliphatic carbocycles. The third-order valence-electron chi connectivity index (χ3n) is 5.13. The Bertz CT molecular complexity index is 351. The van der Waals surface area contributed by atoms with Gasteiger partial charge in [-0.25, -0.2) is 0 Å². The van der Waals surface area contributed by atoms with E-state index in [9.17, 15) is 9.90 Å². The molecule has 1 heterocycles. The molecule has 0 aromatic rings. The van der Waals surface area contributed by atoms with Gasteiger partial charge in [-0.3, -0.25) is 9.69 Å². The van der Waals surface area contributed by atoms with E-state index in [1.807, 2.05) is 0 Å². The number of hydrogen-bond donors (Lipinski definition) is 3. The molecule has 0 unspecified atom stereocenters. The molecule has 5 nitrogen and oxygen atoms in total. The van der Waals surface area contributed by atoms with Gasteiger partial charge in [-0.1, -0.05) is 26.7 Å². The van der Waals surface area contributed by atoms with Gasteiger partial charge in [0.2, 0.25) is 5.91 Å². The minimum atomic E-state index is -0.555. The summed E-state index contributed by atoms with van der Waals surface area (Å²) in [4.78, 5) is 14.3. The van der Waals surface area contributed by atoms with Crippen LogP contribution in [0.1, 0.15) is 52.4 Å². The first-order valence-electron chi connectivity index (χ1n) is 8.42. The highest BCUT2D eigenvalue weighted by atomic mass is 16.3. The average molecular weight is 297 g/mol. The highest BCUT2D eigenvalue weighted by Gasteiger charge is 2.42. The van der Waals surface area contributed by atoms with Gasteiger partial charge in [0.05, 0.1) is 6.10 Å². The van der Waals surface area contributed by atoms with Crippen molar-refractivity contribution in [3.05, 3.63) is 0 Å². The van der Waals surface area contributed by atoms with Gasteiger partial charge in [-0.05, 0) is 38.1 Å². The summed E-state index contributed by atoms with van der Waals surface area (Å²) in [6, 6.07) is 0.273. The number of piperidine rings is 1. The Kier molecular flexibility index (Phi) is 5.63. The summed E-state index contributed by atoms with van der Waals surface area (Å²) in [7, 11) is 0. The van der Waals surface area contributed by atoms with Crippen molar-refractivity contribution in [2.24, 2.45) is 11.7 Å². The molecule has 0 radical (unpaired) electrons. The summed E-state index contributed by atoms with van der Waals surface area (Å²) in [6.45, 7) is 6.77. The Morgan fingerprint density at radius 3 is 2.48 bits per heavy atom. The zero-order chi connectivity index (χ0) is 15.5. The molecule has 2 rings (SSSR count). The lowest BCUT2D eigenvalue weighted by Crippen LogP contribution is -2.63. The van der Waals surface area contributed by atoms with Crippen LogP contribution in [0.5, 0.6) is 0 Å². The van der Waals surface area contributed by atoms with Crippen molar-refractivity contribution in [1.82, 2.24) is 10.2 Å². The van der Waals surface area contributed by atoms with E-state index >= 15 is 0 Å². The van der Waals surface area contributed by atoms with Crippen LogP contribution in [-0.2, 0) is 4.79 Å². The predicted octanol–water partition coefficient (Wildman–Crippen LogP) is 0.855. The van der Waals surface area contributed by atoms with Crippen molar-refractivity contribution in [2.45, 2.75) is 70.1 Å². The first-order valence-corrected chi connectivity index (χ1v) is 8.42. The van der Waals surface area contributed by atoms with Gasteiger partial charge in [-0.2, -0.15) is 0 Å². The zero-order valence-electron chi connectivity index (χ0n) is 13.5. The highest BCUT2D eigenvalue weighted by molar-refractivity contribution is 5.84. The Morgan fingerprint density at radius 1 is 1.33 bits per heavy atom. The Labute approximate surface area is 128 Å². The number of aliphatic hydroxyl groups is 1. The summed E-state index contributed by atoms with van der Waals surface area (Å²) < 4.78 is 0. The molecular formula is C16H31N3O2. The number of amides is 1. The number of hydrogen-bond acceptors (Lipinski definition) is 4. The van der Waals surface area contributed by atoms with E-state index in [-0.39, 0.29) is 18.1 Å². The van der Waals surface area contributed by atoms with E-state index in [2.05, 4.69) is 24.1 Å². The van der Waals surface area contributed by atoms with Crippen LogP contribution in [0, 0.1) is 5.92 Å². The zero-order valence-corrected chi connectivity index (χ0v) is 13.5. The standard InChI is InChI=1S/C16H31N3O2/c1-12(2)11-18-16(15(17)21)7-9-19(10-8-16)13-5-3-4-6-14(13)20/h12-14,18,20H,3-11H2,1-2H3,(H2,17,21)/t13-,14-/m1/s1. The maximum Gasteiger partial charge on any atom is 0.237 e. The second-order valence-corrected chi connectivity index (χ2v) is 7.18. The summed E-state index contributed by atoms with van der Waals surface area (Å²) in [5.41, 5.74) is 5.12. The third-order valence-corrected chi connectivity index (χ3v) is 5.13. The minimum Gasteiger partial charge on any atom is -0.391 e. The molecule has 2 fully saturated rings. The SMILES string of the molecule is CC(C)CNC1(C(N)=O)CCN([C@@H]2CCCC[C@H]2O)CC1. The van der Waals surface area contributed by atoms with Crippen LogP contribution in [0.2, 0.25) is 0 Å². The molecule has 2 atom stereocenters. The molecule has 5 heteroatoms. The van der Waals surface area contributed by atoms with Gasteiger partial charge < -0.3 is 16.2 Å². The first kappa shape index (κ1) is 16.7. The van der Waals surface area contributed by atoms with Gasteiger partial charge >= 0.3 is 0 Å². The molecule has 21 heavy (non-hydrogen) atoms. The van der Waals surface area contributed by atoms with Crippen LogP contribution >= 0.6 is 0 Å². The third kappa shape index (κ3) is 3.96. The molecule has 1 saturated carbocycles. The molecule has 1 aliphatic heterocycles. The van der Waals surface area contributed by atoms with E-state index in [1.54, 1.807) is 0 Å². The molecule has 1 saturated heterocycles. The van der Waals surface area contributed by atoms with Gasteiger partial charge in [0.25, 0.3) is 0 Å². The second-order valence-electron chi connectivity index (χ2n) is 7.18. The maximum absolute atomic E-state index is 11.9. The molecule has 1 amide bonds. The van der Waals surface area contributed by atoms with Crippen LogP contribution < -0.4 is 11.1 Å². The van der Waals surface area contributed by atoms with Crippen molar-refractivity contribution in [1.29, 1.82) is 0 Å². The van der Waals surface area contributed by atoms with Gasteiger partial charge in [0, 0.05) is 19.1 Å². The fourth-order valence-corrected chi connectivity index (χ4v) is 3.66. The normalized spacial score (nSPS) is 30.5. The summed E-state index contributed by atoms with van der Waals surface area (Å²) in [5.74, 6) is 0.270. The topological polar surface area (TPSA) is 78.6 Å². The highest BCUT2D eigenvalue weighted by Crippen LogP contribution is 2.29. The van der Waals surface area contributed by atoms with Crippen LogP contribution in [0.3, 0.4) is 0 Å². The van der Waals surface area contributed by atoms with E-state index in [0.717, 1.165) is 51.7 Å². The van der Waals surface area contributed by atoms with Crippen molar-refractivity contribution in [2.75, 3.05) is 19.6 Å². The average Bonchev–Trinajstić information content (AvgIpc) is 2.46. The molecule has 0 spiro atoms. The Hall–Kier alpha value is -0.650. The number of likely N-dealkylation sites (tertiary alicyclic amines) is 1. The second kappa shape index (κ2) is 7.07. The Morgan fingerprint density at radius 2 is 1.95 bits per heavy atom. The van der Waals surface area contributed by atoms with Crippen LogP contribution in [0.4, 0.5) is 0 Å². The summed E-state index contributed by atoms with van der Waals surface area (Å²) in [5, 5.41) is 13.6. The molecule has 0 aromatic carbocycles. The molecular weight excluding hydrogens is 266 g/mol. The first-order chi connectivity index (χ1) is 9.94. The molecule has 2 aliphatic rings. The quantitative estimate of drug-likeness (QED) is 0.703. The summed E-state index contributed by atoms with van der Waals surface area (Å²) in [6.07, 6.45) is 5.61. The number of nitrogens with two attached hydrogens (primary N) is 1. The maximum atomic E-state index is 11.9. The largest absolute Gasteiger partial charge is 0.391 e. The molecule has 4 N–H and O–H groups in total. The van der Waals surface area contributed by atoms with Crippen LogP contribution in [0.25, 0.3) is 0 Å². The van der Waals surface area contributed by atoms with Gasteiger partial charge in [-0.15, -0.1) is 0 Å². The fraction of sp³-hybridized carbons (Fsp3) is 0.938. The molecule has 0 aromatic heterocycles. The number of carbonyl (C=O) groups excluding carboxylic acids is 1. The van der Waals surface area contributed by atoms with E-state index in [0.29, 0.717) is 5.92 Å². The molecule has 0 bridgehead atoms. The Balaban J connectivity index is 1.94. The number of primary amides is 1. The van der Waals surface area contributed by atoms with E-state index < -0.39 is 5.54 Å². The van der Waals surface area contributed by atoms with Gasteiger partial charge in [0.1, 0.15) is 5.54 Å². The molecule has 122 valence electrons. The predicted molar refractivity (Wildman–Crippen MR) is 83.8 cm³/mol. The lowest BCUT2D eigenvalue weighted by Gasteiger charge is -2.45. The van der Waals surface area contributed by atoms with Gasteiger partial charge in [0.15, 0.2) is 0 Å². The van der Waals surface area contributed by atoms with E-state index in [4.69, 9.17) is 5.73 Å². The van der Waals surface area contributed by atoms with Crippen molar-refractivity contribution in [3.63, 3.8) is 0 Å². The van der Waals surface area contributed by atoms with Crippen LogP contribution in [-0.4, -0.2) is 53.2 Å². The lowest BCUT2D eigenvalue weighted by molar-refractivity contribution is -0.127. The van der Waals surface area contributed by atoms with Crippen molar-refractivity contribution >= 4 is 5.91 Å². The van der Waals surface area contributed by atoms with E-state index in [1.165, 1.54) is 6.42 Å². The summed E-state index contributed by atoms with van der Waals surface area (Å²) >= 11 is 0. The number of rotatable bonds is 5. The smallest absolute Gasteiger partial charge is 0.237 e. The number of nitrogens with zero attached hydrogens (tertiary/aromatic N) is 1. The monoisotopic (exact) mass is 297 g/mol.